The molecule has 1 saturated carbocycles. The number of halogens is 3. The largest absolute Gasteiger partial charge is 0.331 e. The van der Waals surface area contributed by atoms with E-state index in [2.05, 4.69) is 16.9 Å². The fourth-order valence-electron chi connectivity index (χ4n) is 2.55. The number of nitrogens with zero attached hydrogens (tertiary/aromatic N) is 3. The molecule has 1 atom stereocenters. The highest BCUT2D eigenvalue weighted by Crippen LogP contribution is 2.51. The van der Waals surface area contributed by atoms with Crippen molar-refractivity contribution in [3.05, 3.63) is 54.0 Å². The van der Waals surface area contributed by atoms with Crippen molar-refractivity contribution in [3.8, 4) is 0 Å². The normalized spacial score (nSPS) is 22.7. The van der Waals surface area contributed by atoms with E-state index >= 15 is 0 Å². The molecule has 0 amide bonds. The molecular weight excluding hydrogens is 303 g/mol. The van der Waals surface area contributed by atoms with Crippen LogP contribution in [0.2, 0.25) is 0 Å². The summed E-state index contributed by atoms with van der Waals surface area (Å²) >= 11 is 0. The predicted molar refractivity (Wildman–Crippen MR) is 84.9 cm³/mol. The van der Waals surface area contributed by atoms with E-state index in [1.165, 1.54) is 12.1 Å². The van der Waals surface area contributed by atoms with Crippen LogP contribution in [0.25, 0.3) is 5.57 Å². The van der Waals surface area contributed by atoms with Crippen LogP contribution in [0.15, 0.2) is 52.8 Å². The highest BCUT2D eigenvalue weighted by Gasteiger charge is 2.57. The van der Waals surface area contributed by atoms with Crippen molar-refractivity contribution in [2.45, 2.75) is 18.8 Å². The lowest BCUT2D eigenvalue weighted by atomic mass is 10.0. The van der Waals surface area contributed by atoms with Gasteiger partial charge in [-0.1, -0.05) is 18.2 Å². The lowest BCUT2D eigenvalue weighted by Gasteiger charge is -2.23. The Labute approximate surface area is 132 Å². The highest BCUT2D eigenvalue weighted by molar-refractivity contribution is 5.86. The minimum atomic E-state index is -2.59. The molecule has 1 fully saturated rings. The summed E-state index contributed by atoms with van der Waals surface area (Å²) < 4.78 is 39.2. The molecule has 1 aliphatic carbocycles. The van der Waals surface area contributed by atoms with Gasteiger partial charge < -0.3 is 4.90 Å². The molecule has 3 nitrogen and oxygen atoms in total. The van der Waals surface area contributed by atoms with E-state index in [1.807, 2.05) is 12.2 Å². The molecule has 0 saturated heterocycles. The summed E-state index contributed by atoms with van der Waals surface area (Å²) in [6, 6.07) is 6.21. The number of hydrogen-bond acceptors (Lipinski definition) is 2. The summed E-state index contributed by atoms with van der Waals surface area (Å²) in [6.07, 6.45) is 5.65. The maximum atomic E-state index is 13.1. The van der Waals surface area contributed by atoms with Gasteiger partial charge in [0.05, 0.1) is 0 Å². The minimum absolute atomic E-state index is 0.0998. The third kappa shape index (κ3) is 3.52. The van der Waals surface area contributed by atoms with Gasteiger partial charge in [0.25, 0.3) is 5.92 Å². The average molecular weight is 319 g/mol. The Morgan fingerprint density at radius 1 is 1.30 bits per heavy atom. The molecule has 2 aliphatic rings. The molecule has 1 heterocycles. The lowest BCUT2D eigenvalue weighted by Crippen LogP contribution is -2.28. The first-order chi connectivity index (χ1) is 11.0. The zero-order valence-corrected chi connectivity index (χ0v) is 12.4. The molecule has 0 aromatic heterocycles. The van der Waals surface area contributed by atoms with Crippen molar-refractivity contribution in [3.63, 3.8) is 0 Å². The van der Waals surface area contributed by atoms with E-state index in [1.54, 1.807) is 23.2 Å². The Morgan fingerprint density at radius 2 is 2.00 bits per heavy atom. The summed E-state index contributed by atoms with van der Waals surface area (Å²) in [5.74, 6) is -3.06. The van der Waals surface area contributed by atoms with Crippen LogP contribution < -0.4 is 0 Å². The smallest absolute Gasteiger partial charge is 0.252 e. The first-order valence-electron chi connectivity index (χ1n) is 7.31. The Kier molecular flexibility index (Phi) is 4.07. The van der Waals surface area contributed by atoms with E-state index in [0.29, 0.717) is 12.4 Å². The molecule has 0 bridgehead atoms. The molecule has 1 aromatic rings. The molecule has 1 unspecified atom stereocenters. The first-order valence-corrected chi connectivity index (χ1v) is 7.31. The van der Waals surface area contributed by atoms with E-state index in [4.69, 9.17) is 0 Å². The quantitative estimate of drug-likeness (QED) is 0.466. The van der Waals surface area contributed by atoms with Crippen LogP contribution in [0.3, 0.4) is 0 Å². The molecule has 3 rings (SSSR count). The Balaban J connectivity index is 1.69. The van der Waals surface area contributed by atoms with Crippen molar-refractivity contribution in [2.24, 2.45) is 16.1 Å². The topological polar surface area (TPSA) is 28.0 Å². The number of amidine groups is 1. The summed E-state index contributed by atoms with van der Waals surface area (Å²) in [7, 11) is 0. The van der Waals surface area contributed by atoms with Crippen LogP contribution >= 0.6 is 0 Å². The van der Waals surface area contributed by atoms with Crippen molar-refractivity contribution in [2.75, 3.05) is 6.54 Å². The fraction of sp³-hybridized carbons (Fsp3) is 0.294. The summed E-state index contributed by atoms with van der Waals surface area (Å²) in [5.41, 5.74) is 1.85. The van der Waals surface area contributed by atoms with Crippen molar-refractivity contribution in [1.82, 2.24) is 4.90 Å². The third-order valence-electron chi connectivity index (χ3n) is 4.02. The number of alkyl halides is 2. The third-order valence-corrected chi connectivity index (χ3v) is 4.02. The molecule has 23 heavy (non-hydrogen) atoms. The first kappa shape index (κ1) is 15.5. The Bertz CT molecular complexity index is 690. The maximum Gasteiger partial charge on any atom is 0.252 e. The standard InChI is InChI=1S/C17H16F3N3/c1-21-22-16(10-14-11-17(14,19)20)23-8-6-13(7-9-23)12-2-4-15(18)5-3-12/h2-8,14H,1,9-11H2/b22-16-. The van der Waals surface area contributed by atoms with E-state index in [0.717, 1.165) is 11.1 Å². The van der Waals surface area contributed by atoms with Gasteiger partial charge in [0.2, 0.25) is 0 Å². The summed E-state index contributed by atoms with van der Waals surface area (Å²) in [4.78, 5) is 1.77. The lowest BCUT2D eigenvalue weighted by molar-refractivity contribution is 0.0998. The van der Waals surface area contributed by atoms with Crippen LogP contribution in [0.4, 0.5) is 13.2 Å². The highest BCUT2D eigenvalue weighted by atomic mass is 19.3. The SMILES string of the molecule is C=N/N=C(/CC1CC1(F)F)N1C=CC(c2ccc(F)cc2)=CC1. The molecule has 0 spiro atoms. The molecule has 6 heteroatoms. The molecule has 1 aromatic carbocycles. The van der Waals surface area contributed by atoms with Gasteiger partial charge in [-0.15, -0.1) is 5.10 Å². The number of allylic oxidation sites excluding steroid dienone is 2. The summed E-state index contributed by atoms with van der Waals surface area (Å²) in [6.45, 7) is 3.80. The number of rotatable bonds is 4. The Hall–Kier alpha value is -2.37. The van der Waals surface area contributed by atoms with Gasteiger partial charge in [0.15, 0.2) is 0 Å². The minimum Gasteiger partial charge on any atom is -0.331 e. The van der Waals surface area contributed by atoms with Crippen LogP contribution in [-0.2, 0) is 0 Å². The van der Waals surface area contributed by atoms with Crippen LogP contribution in [0.1, 0.15) is 18.4 Å². The zero-order chi connectivity index (χ0) is 16.4. The van der Waals surface area contributed by atoms with Gasteiger partial charge >= 0.3 is 0 Å². The van der Waals surface area contributed by atoms with Gasteiger partial charge in [-0.25, -0.2) is 13.2 Å². The zero-order valence-electron chi connectivity index (χ0n) is 12.4. The second kappa shape index (κ2) is 6.02. The van der Waals surface area contributed by atoms with Gasteiger partial charge in [-0.2, -0.15) is 5.10 Å². The van der Waals surface area contributed by atoms with Crippen molar-refractivity contribution >= 4 is 18.1 Å². The molecule has 120 valence electrons. The van der Waals surface area contributed by atoms with Crippen LogP contribution in [-0.4, -0.2) is 29.9 Å². The fourth-order valence-corrected chi connectivity index (χ4v) is 2.55. The molecular formula is C17H16F3N3. The second-order valence-electron chi connectivity index (χ2n) is 5.66. The maximum absolute atomic E-state index is 13.1. The Morgan fingerprint density at radius 3 is 2.52 bits per heavy atom. The number of benzene rings is 1. The summed E-state index contributed by atoms with van der Waals surface area (Å²) in [5, 5.41) is 7.38. The van der Waals surface area contributed by atoms with Gasteiger partial charge in [-0.3, -0.25) is 0 Å². The van der Waals surface area contributed by atoms with Gasteiger partial charge in [0, 0.05) is 38.2 Å². The van der Waals surface area contributed by atoms with Gasteiger partial charge in [-0.05, 0) is 29.3 Å². The van der Waals surface area contributed by atoms with E-state index in [-0.39, 0.29) is 18.7 Å². The van der Waals surface area contributed by atoms with Crippen LogP contribution in [0.5, 0.6) is 0 Å². The molecule has 0 N–H and O–H groups in total. The molecule has 1 aliphatic heterocycles. The van der Waals surface area contributed by atoms with Crippen molar-refractivity contribution < 1.29 is 13.2 Å². The van der Waals surface area contributed by atoms with Crippen molar-refractivity contribution in [1.29, 1.82) is 0 Å². The monoisotopic (exact) mass is 319 g/mol. The van der Waals surface area contributed by atoms with E-state index < -0.39 is 11.8 Å². The van der Waals surface area contributed by atoms with Crippen LogP contribution in [0, 0.1) is 11.7 Å². The number of hydrogen-bond donors (Lipinski definition) is 0. The van der Waals surface area contributed by atoms with Gasteiger partial charge in [0.1, 0.15) is 11.7 Å². The second-order valence-corrected chi connectivity index (χ2v) is 5.66. The predicted octanol–water partition coefficient (Wildman–Crippen LogP) is 4.10. The molecule has 0 radical (unpaired) electrons. The van der Waals surface area contributed by atoms with E-state index in [9.17, 15) is 13.2 Å². The average Bonchev–Trinajstić information content (AvgIpc) is 3.14.